The van der Waals surface area contributed by atoms with E-state index in [9.17, 15) is 18.0 Å². The van der Waals surface area contributed by atoms with Crippen LogP contribution in [0.1, 0.15) is 53.0 Å². The highest BCUT2D eigenvalue weighted by Crippen LogP contribution is 2.32. The van der Waals surface area contributed by atoms with E-state index in [0.29, 0.717) is 18.7 Å². The first-order valence-corrected chi connectivity index (χ1v) is 8.79. The Morgan fingerprint density at radius 2 is 2.12 bits per heavy atom. The molecule has 1 aromatic carbocycles. The zero-order valence-corrected chi connectivity index (χ0v) is 14.9. The summed E-state index contributed by atoms with van der Waals surface area (Å²) in [6.45, 7) is 5.53. The average molecular weight is 365 g/mol. The van der Waals surface area contributed by atoms with Crippen LogP contribution in [0.25, 0.3) is 0 Å². The monoisotopic (exact) mass is 365 g/mol. The molecule has 1 atom stereocenters. The Hall–Kier alpha value is -2.31. The average Bonchev–Trinajstić information content (AvgIpc) is 3.09. The lowest BCUT2D eigenvalue weighted by atomic mass is 9.95. The second kappa shape index (κ2) is 7.13. The minimum atomic E-state index is -4.46. The first-order valence-electron chi connectivity index (χ1n) is 8.79. The van der Waals surface area contributed by atoms with Crippen LogP contribution in [-0.2, 0) is 12.7 Å². The molecule has 0 radical (unpaired) electrons. The van der Waals surface area contributed by atoms with Gasteiger partial charge in [-0.05, 0) is 44.4 Å². The number of halogens is 3. The molecular weight excluding hydrogens is 343 g/mol. The van der Waals surface area contributed by atoms with Gasteiger partial charge in [0, 0.05) is 43.5 Å². The molecule has 0 N–H and O–H groups in total. The maximum atomic E-state index is 13.0. The number of benzene rings is 1. The van der Waals surface area contributed by atoms with Crippen molar-refractivity contribution in [2.45, 2.75) is 45.3 Å². The molecule has 2 aromatic rings. The number of likely N-dealkylation sites (tertiary alicyclic amines) is 1. The van der Waals surface area contributed by atoms with Gasteiger partial charge in [-0.1, -0.05) is 6.07 Å². The van der Waals surface area contributed by atoms with Crippen LogP contribution in [0.4, 0.5) is 13.2 Å². The number of carbonyl (C=O) groups excluding carboxylic acids is 1. The maximum Gasteiger partial charge on any atom is 0.416 e. The fourth-order valence-corrected chi connectivity index (χ4v) is 3.52. The predicted octanol–water partition coefficient (Wildman–Crippen LogP) is 4.25. The summed E-state index contributed by atoms with van der Waals surface area (Å²) < 4.78 is 41.1. The van der Waals surface area contributed by atoms with Crippen LogP contribution in [-0.4, -0.2) is 33.4 Å². The molecule has 1 aliphatic rings. The van der Waals surface area contributed by atoms with E-state index in [-0.39, 0.29) is 17.4 Å². The molecule has 1 aromatic heterocycles. The van der Waals surface area contributed by atoms with Gasteiger partial charge in [-0.15, -0.1) is 0 Å². The smallest absolute Gasteiger partial charge is 0.338 e. The van der Waals surface area contributed by atoms with Gasteiger partial charge in [0.25, 0.3) is 5.91 Å². The van der Waals surface area contributed by atoms with Crippen molar-refractivity contribution in [3.63, 3.8) is 0 Å². The largest absolute Gasteiger partial charge is 0.416 e. The molecule has 0 bridgehead atoms. The van der Waals surface area contributed by atoms with Gasteiger partial charge in [0.1, 0.15) is 5.82 Å². The molecule has 1 fully saturated rings. The molecule has 7 heteroatoms. The SMILES string of the molecule is CCn1ccnc1[C@@H]1CCCN(C(=O)c2cc(C(F)(F)F)ccc2C)C1. The number of alkyl halides is 3. The summed E-state index contributed by atoms with van der Waals surface area (Å²) in [6, 6.07) is 3.35. The Morgan fingerprint density at radius 1 is 1.35 bits per heavy atom. The molecule has 1 saturated heterocycles. The number of hydrogen-bond acceptors (Lipinski definition) is 2. The molecule has 0 unspecified atom stereocenters. The van der Waals surface area contributed by atoms with E-state index in [0.717, 1.165) is 37.3 Å². The quantitative estimate of drug-likeness (QED) is 0.816. The molecule has 26 heavy (non-hydrogen) atoms. The molecule has 0 aliphatic carbocycles. The van der Waals surface area contributed by atoms with Crippen LogP contribution in [0, 0.1) is 6.92 Å². The van der Waals surface area contributed by atoms with Gasteiger partial charge in [0.15, 0.2) is 0 Å². The Labute approximate surface area is 150 Å². The molecule has 1 amide bonds. The topological polar surface area (TPSA) is 38.1 Å². The fraction of sp³-hybridized carbons (Fsp3) is 0.474. The molecular formula is C19H22F3N3O. The van der Waals surface area contributed by atoms with Crippen molar-refractivity contribution in [1.82, 2.24) is 14.5 Å². The molecule has 1 aliphatic heterocycles. The van der Waals surface area contributed by atoms with Gasteiger partial charge < -0.3 is 9.47 Å². The summed E-state index contributed by atoms with van der Waals surface area (Å²) >= 11 is 0. The number of piperidine rings is 1. The number of hydrogen-bond donors (Lipinski definition) is 0. The Kier molecular flexibility index (Phi) is 5.07. The second-order valence-electron chi connectivity index (χ2n) is 6.69. The lowest BCUT2D eigenvalue weighted by molar-refractivity contribution is -0.137. The normalized spacial score (nSPS) is 18.2. The summed E-state index contributed by atoms with van der Waals surface area (Å²) in [7, 11) is 0. The van der Waals surface area contributed by atoms with Gasteiger partial charge in [-0.25, -0.2) is 4.98 Å². The number of nitrogens with zero attached hydrogens (tertiary/aromatic N) is 3. The van der Waals surface area contributed by atoms with E-state index in [2.05, 4.69) is 4.98 Å². The summed E-state index contributed by atoms with van der Waals surface area (Å²) in [5.41, 5.74) is -0.110. The number of carbonyl (C=O) groups is 1. The molecule has 0 spiro atoms. The Balaban J connectivity index is 1.84. The van der Waals surface area contributed by atoms with Gasteiger partial charge in [0.2, 0.25) is 0 Å². The number of imidazole rings is 1. The second-order valence-corrected chi connectivity index (χ2v) is 6.69. The third-order valence-corrected chi connectivity index (χ3v) is 4.96. The predicted molar refractivity (Wildman–Crippen MR) is 92.0 cm³/mol. The summed E-state index contributed by atoms with van der Waals surface area (Å²) in [5.74, 6) is 0.701. The van der Waals surface area contributed by atoms with Gasteiger partial charge in [-0.3, -0.25) is 4.79 Å². The van der Waals surface area contributed by atoms with Crippen LogP contribution in [0.5, 0.6) is 0 Å². The number of aryl methyl sites for hydroxylation is 2. The van der Waals surface area contributed by atoms with E-state index in [4.69, 9.17) is 0 Å². The lowest BCUT2D eigenvalue weighted by Crippen LogP contribution is -2.40. The van der Waals surface area contributed by atoms with Gasteiger partial charge in [0.05, 0.1) is 5.56 Å². The molecule has 2 heterocycles. The third-order valence-electron chi connectivity index (χ3n) is 4.96. The zero-order chi connectivity index (χ0) is 18.9. The first-order chi connectivity index (χ1) is 12.3. The number of rotatable bonds is 3. The van der Waals surface area contributed by atoms with E-state index in [1.165, 1.54) is 6.07 Å². The lowest BCUT2D eigenvalue weighted by Gasteiger charge is -2.33. The van der Waals surface area contributed by atoms with E-state index >= 15 is 0 Å². The van der Waals surface area contributed by atoms with Crippen molar-refractivity contribution in [2.24, 2.45) is 0 Å². The summed E-state index contributed by atoms with van der Waals surface area (Å²) in [6.07, 6.45) is 0.927. The van der Waals surface area contributed by atoms with E-state index < -0.39 is 11.7 Å². The Morgan fingerprint density at radius 3 is 2.81 bits per heavy atom. The number of aromatic nitrogens is 2. The first kappa shape index (κ1) is 18.5. The summed E-state index contributed by atoms with van der Waals surface area (Å²) in [4.78, 5) is 19.0. The molecule has 140 valence electrons. The maximum absolute atomic E-state index is 13.0. The van der Waals surface area contributed by atoms with Crippen molar-refractivity contribution in [1.29, 1.82) is 0 Å². The Bertz CT molecular complexity index is 798. The van der Waals surface area contributed by atoms with Crippen molar-refractivity contribution < 1.29 is 18.0 Å². The van der Waals surface area contributed by atoms with E-state index in [1.807, 2.05) is 17.7 Å². The van der Waals surface area contributed by atoms with Crippen LogP contribution in [0.15, 0.2) is 30.6 Å². The highest BCUT2D eigenvalue weighted by atomic mass is 19.4. The summed E-state index contributed by atoms with van der Waals surface area (Å²) in [5, 5.41) is 0. The van der Waals surface area contributed by atoms with Crippen LogP contribution in [0.3, 0.4) is 0 Å². The van der Waals surface area contributed by atoms with E-state index in [1.54, 1.807) is 18.0 Å². The minimum Gasteiger partial charge on any atom is -0.338 e. The third kappa shape index (κ3) is 3.61. The standard InChI is InChI=1S/C19H22F3N3O/c1-3-24-10-8-23-17(24)14-5-4-9-25(12-14)18(26)16-11-15(19(20,21)22)7-6-13(16)2/h6-8,10-11,14H,3-5,9,12H2,1-2H3/t14-/m1/s1. The number of amides is 1. The van der Waals surface area contributed by atoms with Crippen LogP contribution < -0.4 is 0 Å². The van der Waals surface area contributed by atoms with Crippen molar-refractivity contribution in [3.05, 3.63) is 53.1 Å². The highest BCUT2D eigenvalue weighted by molar-refractivity contribution is 5.96. The van der Waals surface area contributed by atoms with Crippen LogP contribution in [0.2, 0.25) is 0 Å². The minimum absolute atomic E-state index is 0.105. The highest BCUT2D eigenvalue weighted by Gasteiger charge is 2.33. The zero-order valence-electron chi connectivity index (χ0n) is 14.9. The fourth-order valence-electron chi connectivity index (χ4n) is 3.52. The van der Waals surface area contributed by atoms with Crippen molar-refractivity contribution >= 4 is 5.91 Å². The van der Waals surface area contributed by atoms with Crippen molar-refractivity contribution in [3.8, 4) is 0 Å². The van der Waals surface area contributed by atoms with Crippen LogP contribution >= 0.6 is 0 Å². The molecule has 3 rings (SSSR count). The van der Waals surface area contributed by atoms with Gasteiger partial charge in [-0.2, -0.15) is 13.2 Å². The molecule has 4 nitrogen and oxygen atoms in total. The molecule has 0 saturated carbocycles. The van der Waals surface area contributed by atoms with Crippen molar-refractivity contribution in [2.75, 3.05) is 13.1 Å². The van der Waals surface area contributed by atoms with Gasteiger partial charge >= 0.3 is 6.18 Å².